The summed E-state index contributed by atoms with van der Waals surface area (Å²) in [6.07, 6.45) is 53.4. The first-order valence-electron chi connectivity index (χ1n) is 17.9. The van der Waals surface area contributed by atoms with Gasteiger partial charge in [-0.15, -0.1) is 0 Å². The molecule has 0 aliphatic carbocycles. The third-order valence-corrected chi connectivity index (χ3v) is 7.36. The zero-order chi connectivity index (χ0) is 32.9. The van der Waals surface area contributed by atoms with Gasteiger partial charge in [-0.3, -0.25) is 4.79 Å². The van der Waals surface area contributed by atoms with E-state index in [2.05, 4.69) is 116 Å². The van der Waals surface area contributed by atoms with Crippen molar-refractivity contribution in [1.82, 2.24) is 5.32 Å². The molecule has 0 heterocycles. The Morgan fingerprint density at radius 3 is 1.42 bits per heavy atom. The van der Waals surface area contributed by atoms with Crippen LogP contribution in [0, 0.1) is 0 Å². The molecule has 3 N–H and O–H groups in total. The van der Waals surface area contributed by atoms with E-state index in [1.165, 1.54) is 25.7 Å². The molecule has 0 radical (unpaired) electrons. The minimum atomic E-state index is -0.680. The van der Waals surface area contributed by atoms with Crippen LogP contribution in [0.25, 0.3) is 0 Å². The van der Waals surface area contributed by atoms with E-state index < -0.39 is 12.1 Å². The second-order valence-electron chi connectivity index (χ2n) is 11.6. The Morgan fingerprint density at radius 2 is 0.978 bits per heavy atom. The third kappa shape index (κ3) is 32.5. The van der Waals surface area contributed by atoms with Crippen molar-refractivity contribution in [3.63, 3.8) is 0 Å². The molecule has 0 bridgehead atoms. The Morgan fingerprint density at radius 1 is 0.556 bits per heavy atom. The Kier molecular flexibility index (Phi) is 33.6. The molecule has 0 fully saturated rings. The van der Waals surface area contributed by atoms with Gasteiger partial charge in [0.15, 0.2) is 0 Å². The van der Waals surface area contributed by atoms with Gasteiger partial charge in [0.1, 0.15) is 0 Å². The van der Waals surface area contributed by atoms with E-state index in [-0.39, 0.29) is 12.5 Å². The van der Waals surface area contributed by atoms with Crippen LogP contribution in [0.4, 0.5) is 0 Å². The van der Waals surface area contributed by atoms with Gasteiger partial charge >= 0.3 is 0 Å². The van der Waals surface area contributed by atoms with Crippen molar-refractivity contribution in [3.05, 3.63) is 97.2 Å². The maximum atomic E-state index is 12.2. The van der Waals surface area contributed by atoms with Crippen molar-refractivity contribution in [1.29, 1.82) is 0 Å². The number of hydrogen-bond acceptors (Lipinski definition) is 3. The van der Waals surface area contributed by atoms with Gasteiger partial charge in [0, 0.05) is 6.42 Å². The predicted molar refractivity (Wildman–Crippen MR) is 197 cm³/mol. The molecule has 0 saturated carbocycles. The fraction of sp³-hybridized carbons (Fsp3) is 0.585. The normalized spacial score (nSPS) is 14.3. The number of amides is 1. The van der Waals surface area contributed by atoms with Gasteiger partial charge in [-0.2, -0.15) is 0 Å². The Labute approximate surface area is 277 Å². The molecule has 2 unspecified atom stereocenters. The van der Waals surface area contributed by atoms with E-state index in [4.69, 9.17) is 0 Å². The number of aliphatic hydroxyl groups excluding tert-OH is 2. The molecule has 4 nitrogen and oxygen atoms in total. The second-order valence-corrected chi connectivity index (χ2v) is 11.6. The molecule has 2 atom stereocenters. The average Bonchev–Trinajstić information content (AvgIpc) is 3.04. The fourth-order valence-electron chi connectivity index (χ4n) is 4.61. The van der Waals surface area contributed by atoms with E-state index in [1.807, 2.05) is 0 Å². The monoisotopic (exact) mass is 622 g/mol. The SMILES string of the molecule is CC/C=C\C/C=C\C/C=C\C/C=C\C/C=C\C/C=C\C/C=C\C/C=C\CCCCC(=O)NC(CO)C(O)CCCCCCCC. The van der Waals surface area contributed by atoms with E-state index in [0.29, 0.717) is 12.8 Å². The van der Waals surface area contributed by atoms with Crippen molar-refractivity contribution in [2.24, 2.45) is 0 Å². The van der Waals surface area contributed by atoms with Gasteiger partial charge in [-0.25, -0.2) is 0 Å². The van der Waals surface area contributed by atoms with Gasteiger partial charge in [-0.1, -0.05) is 150 Å². The number of carbonyl (C=O) groups is 1. The van der Waals surface area contributed by atoms with Crippen molar-refractivity contribution in [2.45, 2.75) is 148 Å². The highest BCUT2D eigenvalue weighted by Crippen LogP contribution is 2.11. The fourth-order valence-corrected chi connectivity index (χ4v) is 4.61. The number of unbranched alkanes of at least 4 members (excludes halogenated alkanes) is 7. The summed E-state index contributed by atoms with van der Waals surface area (Å²) in [5.74, 6) is -0.0858. The quantitative estimate of drug-likeness (QED) is 0.0552. The maximum absolute atomic E-state index is 12.2. The smallest absolute Gasteiger partial charge is 0.220 e. The molecule has 0 aromatic carbocycles. The first kappa shape index (κ1) is 42.3. The van der Waals surface area contributed by atoms with Crippen LogP contribution in [-0.2, 0) is 4.79 Å². The summed E-state index contributed by atoms with van der Waals surface area (Å²) in [4.78, 5) is 12.2. The topological polar surface area (TPSA) is 69.6 Å². The molecule has 0 aliphatic rings. The average molecular weight is 622 g/mol. The summed E-state index contributed by atoms with van der Waals surface area (Å²) in [6.45, 7) is 4.13. The minimum absolute atomic E-state index is 0.0858. The van der Waals surface area contributed by atoms with Crippen LogP contribution in [0.2, 0.25) is 0 Å². The molecule has 0 aromatic rings. The van der Waals surface area contributed by atoms with Crippen LogP contribution in [0.5, 0.6) is 0 Å². The van der Waals surface area contributed by atoms with Gasteiger partial charge in [0.05, 0.1) is 18.8 Å². The van der Waals surface area contributed by atoms with Crippen molar-refractivity contribution >= 4 is 5.91 Å². The first-order valence-corrected chi connectivity index (χ1v) is 17.9. The van der Waals surface area contributed by atoms with Crippen molar-refractivity contribution in [2.75, 3.05) is 6.61 Å². The standard InChI is InChI=1S/C41H67NO3/c1-3-5-7-9-11-12-13-14-15-16-17-18-19-20-21-22-23-24-25-26-27-28-29-30-31-33-35-37-41(45)42-39(38-43)40(44)36-34-32-10-8-6-4-2/h5,7,11-12,14-15,17-18,20-21,23-24,26-27,29-30,39-40,43-44H,3-4,6,8-10,13,16,19,22,25,28,31-38H2,1-2H3,(H,42,45)/b7-5-,12-11-,15-14-,18-17-,21-20-,24-23-,27-26-,30-29-. The van der Waals surface area contributed by atoms with Crippen LogP contribution in [-0.4, -0.2) is 34.9 Å². The highest BCUT2D eigenvalue weighted by molar-refractivity contribution is 5.76. The van der Waals surface area contributed by atoms with Crippen LogP contribution >= 0.6 is 0 Å². The number of hydrogen-bond donors (Lipinski definition) is 3. The molecule has 1 amide bonds. The molecule has 0 saturated heterocycles. The lowest BCUT2D eigenvalue weighted by molar-refractivity contribution is -0.123. The van der Waals surface area contributed by atoms with Gasteiger partial charge in [0.2, 0.25) is 5.91 Å². The Hall–Kier alpha value is -2.69. The van der Waals surface area contributed by atoms with Crippen LogP contribution in [0.15, 0.2) is 97.2 Å². The number of aliphatic hydroxyl groups is 2. The van der Waals surface area contributed by atoms with Crippen LogP contribution < -0.4 is 5.32 Å². The number of nitrogens with one attached hydrogen (secondary N) is 1. The lowest BCUT2D eigenvalue weighted by atomic mass is 10.0. The predicted octanol–water partition coefficient (Wildman–Crippen LogP) is 10.7. The molecular weight excluding hydrogens is 554 g/mol. The molecule has 0 spiro atoms. The van der Waals surface area contributed by atoms with Gasteiger partial charge < -0.3 is 15.5 Å². The van der Waals surface area contributed by atoms with Gasteiger partial charge in [-0.05, 0) is 77.0 Å². The summed E-state index contributed by atoms with van der Waals surface area (Å²) in [6, 6.07) is -0.562. The number of rotatable bonds is 30. The zero-order valence-electron chi connectivity index (χ0n) is 28.8. The largest absolute Gasteiger partial charge is 0.394 e. The molecule has 0 aliphatic heterocycles. The lowest BCUT2D eigenvalue weighted by Crippen LogP contribution is -2.45. The Balaban J connectivity index is 3.74. The third-order valence-electron chi connectivity index (χ3n) is 7.36. The summed E-state index contributed by atoms with van der Waals surface area (Å²) >= 11 is 0. The summed E-state index contributed by atoms with van der Waals surface area (Å²) in [5, 5.41) is 22.7. The highest BCUT2D eigenvalue weighted by Gasteiger charge is 2.19. The lowest BCUT2D eigenvalue weighted by Gasteiger charge is -2.22. The van der Waals surface area contributed by atoms with Gasteiger partial charge in [0.25, 0.3) is 0 Å². The minimum Gasteiger partial charge on any atom is -0.394 e. The van der Waals surface area contributed by atoms with Crippen molar-refractivity contribution < 1.29 is 15.0 Å². The van der Waals surface area contributed by atoms with Crippen LogP contribution in [0.1, 0.15) is 136 Å². The second kappa shape index (κ2) is 35.8. The molecule has 254 valence electrons. The highest BCUT2D eigenvalue weighted by atomic mass is 16.3. The summed E-state index contributed by atoms with van der Waals surface area (Å²) < 4.78 is 0. The molecular formula is C41H67NO3. The Bertz CT molecular complexity index is 890. The van der Waals surface area contributed by atoms with E-state index in [0.717, 1.165) is 83.5 Å². The number of allylic oxidation sites excluding steroid dienone is 16. The van der Waals surface area contributed by atoms with Crippen LogP contribution in [0.3, 0.4) is 0 Å². The first-order chi connectivity index (χ1) is 22.2. The molecule has 0 rings (SSSR count). The maximum Gasteiger partial charge on any atom is 0.220 e. The van der Waals surface area contributed by atoms with E-state index in [1.54, 1.807) is 0 Å². The summed E-state index contributed by atoms with van der Waals surface area (Å²) in [7, 11) is 0. The summed E-state index contributed by atoms with van der Waals surface area (Å²) in [5.41, 5.74) is 0. The molecule has 45 heavy (non-hydrogen) atoms. The molecule has 0 aromatic heterocycles. The van der Waals surface area contributed by atoms with Crippen molar-refractivity contribution in [3.8, 4) is 0 Å². The zero-order valence-corrected chi connectivity index (χ0v) is 28.8. The number of carbonyl (C=O) groups excluding carboxylic acids is 1. The van der Waals surface area contributed by atoms with E-state index in [9.17, 15) is 15.0 Å². The molecule has 4 heteroatoms. The van der Waals surface area contributed by atoms with E-state index >= 15 is 0 Å².